The van der Waals surface area contributed by atoms with E-state index in [4.69, 9.17) is 9.47 Å². The van der Waals surface area contributed by atoms with Gasteiger partial charge in [-0.15, -0.1) is 0 Å². The lowest BCUT2D eigenvalue weighted by atomic mass is 10.0. The molecule has 0 aliphatic rings. The number of fused-ring (bicyclic) bond motifs is 1. The quantitative estimate of drug-likeness (QED) is 0.0621. The monoisotopic (exact) mass is 634 g/mol. The Bertz CT molecular complexity index is 1760. The van der Waals surface area contributed by atoms with Crippen LogP contribution in [0.4, 0.5) is 14.9 Å². The van der Waals surface area contributed by atoms with Gasteiger partial charge in [0.25, 0.3) is 5.69 Å². The molecule has 1 aromatic heterocycles. The molecule has 4 aromatic rings. The smallest absolute Gasteiger partial charge is 0.407 e. The predicted octanol–water partition coefficient (Wildman–Crippen LogP) is 7.69. The summed E-state index contributed by atoms with van der Waals surface area (Å²) in [6.45, 7) is 7.01. The summed E-state index contributed by atoms with van der Waals surface area (Å²) < 4.78 is 29.9. The normalized spacial score (nSPS) is 12.0. The largest absolute Gasteiger partial charge is 0.444 e. The van der Waals surface area contributed by atoms with E-state index in [9.17, 15) is 19.7 Å². The zero-order valence-electron chi connectivity index (χ0n) is 25.9. The lowest BCUT2D eigenvalue weighted by molar-refractivity contribution is -0.384. The van der Waals surface area contributed by atoms with Crippen LogP contribution in [-0.2, 0) is 11.3 Å². The van der Waals surface area contributed by atoms with Crippen LogP contribution >= 0.6 is 11.9 Å². The van der Waals surface area contributed by atoms with E-state index in [-0.39, 0.29) is 30.1 Å². The van der Waals surface area contributed by atoms with E-state index >= 15 is 4.39 Å². The van der Waals surface area contributed by atoms with Crippen molar-refractivity contribution >= 4 is 40.6 Å². The highest BCUT2D eigenvalue weighted by Gasteiger charge is 2.20. The molecule has 236 valence electrons. The Morgan fingerprint density at radius 2 is 1.80 bits per heavy atom. The summed E-state index contributed by atoms with van der Waals surface area (Å²) in [4.78, 5) is 36.3. The minimum Gasteiger partial charge on any atom is -0.444 e. The zero-order chi connectivity index (χ0) is 32.9. The number of aromatic nitrogens is 1. The van der Waals surface area contributed by atoms with E-state index in [0.717, 1.165) is 27.1 Å². The molecule has 3 aromatic carbocycles. The van der Waals surface area contributed by atoms with Crippen LogP contribution in [0.2, 0.25) is 0 Å². The van der Waals surface area contributed by atoms with Crippen molar-refractivity contribution in [1.29, 1.82) is 0 Å². The van der Waals surface area contributed by atoms with Gasteiger partial charge in [-0.05, 0) is 108 Å². The number of nitro benzene ring substituents is 1. The van der Waals surface area contributed by atoms with E-state index < -0.39 is 28.4 Å². The van der Waals surface area contributed by atoms with Gasteiger partial charge in [0.1, 0.15) is 17.2 Å². The fraction of sp³-hybridized carbons (Fsp3) is 0.273. The Balaban J connectivity index is 1.69. The summed E-state index contributed by atoms with van der Waals surface area (Å²) in [7, 11) is 3.90. The molecule has 0 bridgehead atoms. The molecule has 0 unspecified atom stereocenters. The Morgan fingerprint density at radius 3 is 2.44 bits per heavy atom. The molecule has 0 saturated carbocycles. The maximum atomic E-state index is 15.2. The summed E-state index contributed by atoms with van der Waals surface area (Å²) in [5.74, 6) is -0.860. The zero-order valence-corrected chi connectivity index (χ0v) is 26.7. The molecule has 45 heavy (non-hydrogen) atoms. The molecule has 0 aliphatic carbocycles. The highest BCUT2D eigenvalue weighted by atomic mass is 32.2. The molecule has 4 rings (SSSR count). The number of ether oxygens (including phenoxy) is 2. The molecule has 12 heteroatoms. The van der Waals surface area contributed by atoms with E-state index in [1.807, 2.05) is 54.2 Å². The number of halogens is 1. The van der Waals surface area contributed by atoms with Gasteiger partial charge in [0.05, 0.1) is 17.0 Å². The molecule has 0 atom stereocenters. The van der Waals surface area contributed by atoms with Crippen LogP contribution in [0.1, 0.15) is 36.8 Å². The molecular formula is C33H35FN4O6S. The van der Waals surface area contributed by atoms with Crippen molar-refractivity contribution in [2.75, 3.05) is 20.6 Å². The number of benzene rings is 3. The number of hydrogen-bond acceptors (Lipinski definition) is 8. The number of carbonyl (C=O) groups is 2. The maximum absolute atomic E-state index is 15.2. The van der Waals surface area contributed by atoms with Gasteiger partial charge in [0.2, 0.25) is 0 Å². The van der Waals surface area contributed by atoms with E-state index in [1.165, 1.54) is 30.3 Å². The van der Waals surface area contributed by atoms with Gasteiger partial charge in [-0.25, -0.2) is 14.0 Å². The number of amides is 1. The average molecular weight is 635 g/mol. The highest BCUT2D eigenvalue weighted by molar-refractivity contribution is 7.97. The van der Waals surface area contributed by atoms with Crippen LogP contribution in [0.3, 0.4) is 0 Å². The van der Waals surface area contributed by atoms with E-state index in [1.54, 1.807) is 50.9 Å². The molecule has 0 saturated heterocycles. The number of nitrogens with zero attached hydrogens (tertiary/aromatic N) is 3. The Kier molecular flexibility index (Phi) is 10.3. The second kappa shape index (κ2) is 14.0. The lowest BCUT2D eigenvalue weighted by Gasteiger charge is -2.19. The van der Waals surface area contributed by atoms with Crippen molar-refractivity contribution in [3.05, 3.63) is 100 Å². The van der Waals surface area contributed by atoms with Crippen molar-refractivity contribution in [3.8, 4) is 16.9 Å². The number of allylic oxidation sites excluding steroid dienone is 1. The first-order chi connectivity index (χ1) is 21.2. The minimum absolute atomic E-state index is 0.0433. The second-order valence-electron chi connectivity index (χ2n) is 11.4. The third kappa shape index (κ3) is 8.70. The molecule has 1 heterocycles. The van der Waals surface area contributed by atoms with Crippen LogP contribution in [0.25, 0.3) is 22.0 Å². The lowest BCUT2D eigenvalue weighted by Crippen LogP contribution is -2.32. The van der Waals surface area contributed by atoms with Gasteiger partial charge >= 0.3 is 12.1 Å². The van der Waals surface area contributed by atoms with Crippen molar-refractivity contribution in [2.45, 2.75) is 44.7 Å². The maximum Gasteiger partial charge on any atom is 0.407 e. The number of nitrogens with one attached hydrogen (secondary N) is 1. The Labute approximate surface area is 265 Å². The van der Waals surface area contributed by atoms with Gasteiger partial charge in [-0.2, -0.15) is 0 Å². The fourth-order valence-corrected chi connectivity index (χ4v) is 5.41. The average Bonchev–Trinajstić information content (AvgIpc) is 3.21. The molecule has 0 radical (unpaired) electrons. The SMILES string of the molecule is Cc1c(-c2cccc(SN(C)C)c2)c2cc(OC(=O)c3ccc([N+](=O)[O-])cc3)ccc2n1C/C(F)=C/CNC(=O)OC(C)(C)C. The molecule has 0 spiro atoms. The van der Waals surface area contributed by atoms with Crippen molar-refractivity contribution in [2.24, 2.45) is 0 Å². The summed E-state index contributed by atoms with van der Waals surface area (Å²) >= 11 is 1.56. The molecule has 1 N–H and O–H groups in total. The number of hydrogen-bond donors (Lipinski definition) is 1. The van der Waals surface area contributed by atoms with Gasteiger partial charge in [0.15, 0.2) is 0 Å². The van der Waals surface area contributed by atoms with Crippen molar-refractivity contribution in [1.82, 2.24) is 14.2 Å². The first kappa shape index (κ1) is 33.2. The summed E-state index contributed by atoms with van der Waals surface area (Å²) in [6.07, 6.45) is 0.659. The van der Waals surface area contributed by atoms with Gasteiger partial charge in [-0.1, -0.05) is 12.1 Å². The van der Waals surface area contributed by atoms with Gasteiger partial charge < -0.3 is 19.4 Å². The van der Waals surface area contributed by atoms with Crippen molar-refractivity contribution in [3.63, 3.8) is 0 Å². The Hall–Kier alpha value is -4.68. The minimum atomic E-state index is -0.669. The fourth-order valence-electron chi connectivity index (χ4n) is 4.67. The van der Waals surface area contributed by atoms with Gasteiger partial charge in [-0.3, -0.25) is 14.4 Å². The third-order valence-corrected chi connectivity index (χ3v) is 7.34. The highest BCUT2D eigenvalue weighted by Crippen LogP contribution is 2.38. The summed E-state index contributed by atoms with van der Waals surface area (Å²) in [6, 6.07) is 18.2. The van der Waals surface area contributed by atoms with Crippen molar-refractivity contribution < 1.29 is 28.4 Å². The molecule has 10 nitrogen and oxygen atoms in total. The second-order valence-corrected chi connectivity index (χ2v) is 12.8. The Morgan fingerprint density at radius 1 is 1.09 bits per heavy atom. The van der Waals surface area contributed by atoms with Gasteiger partial charge in [0, 0.05) is 45.7 Å². The molecular weight excluding hydrogens is 599 g/mol. The van der Waals surface area contributed by atoms with Crippen LogP contribution in [0.5, 0.6) is 5.75 Å². The number of non-ortho nitro benzene ring substituents is 1. The molecule has 0 fully saturated rings. The van der Waals surface area contributed by atoms with Crippen LogP contribution in [0, 0.1) is 17.0 Å². The number of alkyl carbamates (subject to hydrolysis) is 1. The standard InChI is InChI=1S/C33H35FN4O6S/c1-21-30(23-8-7-9-27(18-23)45-36(5)6)28-19-26(43-31(39)22-10-12-25(13-11-22)38(41)42)14-15-29(28)37(21)20-24(34)16-17-35-32(40)44-33(2,3)4/h7-16,18-19H,17,20H2,1-6H3,(H,35,40)/b24-16-. The number of esters is 1. The predicted molar refractivity (Wildman–Crippen MR) is 173 cm³/mol. The van der Waals surface area contributed by atoms with Crippen LogP contribution in [0.15, 0.2) is 83.5 Å². The third-order valence-electron chi connectivity index (χ3n) is 6.51. The summed E-state index contributed by atoms with van der Waals surface area (Å²) in [5, 5.41) is 14.3. The van der Waals surface area contributed by atoms with Crippen LogP contribution in [-0.4, -0.2) is 52.1 Å². The first-order valence-corrected chi connectivity index (χ1v) is 14.9. The number of nitro groups is 1. The topological polar surface area (TPSA) is 116 Å². The molecule has 1 amide bonds. The number of rotatable bonds is 10. The number of carbonyl (C=O) groups excluding carboxylic acids is 2. The summed E-state index contributed by atoms with van der Waals surface area (Å²) in [5.41, 5.74) is 2.62. The molecule has 0 aliphatic heterocycles. The van der Waals surface area contributed by atoms with E-state index in [0.29, 0.717) is 5.52 Å². The van der Waals surface area contributed by atoms with Crippen LogP contribution < -0.4 is 10.1 Å². The first-order valence-electron chi connectivity index (χ1n) is 14.1. The van der Waals surface area contributed by atoms with E-state index in [2.05, 4.69) is 5.32 Å².